The van der Waals surface area contributed by atoms with E-state index in [1.54, 1.807) is 26.0 Å². The second-order valence-corrected chi connectivity index (χ2v) is 11.3. The highest BCUT2D eigenvalue weighted by atomic mass is 32.2. The minimum Gasteiger partial charge on any atom is -0.371 e. The second-order valence-electron chi connectivity index (χ2n) is 8.69. The largest absolute Gasteiger partial charge is 0.371 e. The van der Waals surface area contributed by atoms with Crippen LogP contribution in [0.1, 0.15) is 39.2 Å². The number of hydrogen-bond donors (Lipinski definition) is 2. The van der Waals surface area contributed by atoms with Crippen molar-refractivity contribution in [3.63, 3.8) is 0 Å². The highest BCUT2D eigenvalue weighted by molar-refractivity contribution is 7.98. The van der Waals surface area contributed by atoms with Crippen molar-refractivity contribution in [2.24, 2.45) is 11.8 Å². The van der Waals surface area contributed by atoms with E-state index in [-0.39, 0.29) is 23.3 Å². The number of nitrogens with zero attached hydrogens (tertiary/aromatic N) is 1. The summed E-state index contributed by atoms with van der Waals surface area (Å²) in [5, 5.41) is 2.83. The van der Waals surface area contributed by atoms with Crippen molar-refractivity contribution in [1.82, 2.24) is 4.72 Å². The van der Waals surface area contributed by atoms with Gasteiger partial charge in [-0.1, -0.05) is 32.9 Å². The molecule has 1 atom stereocenters. The molecule has 1 aliphatic rings. The smallest absolute Gasteiger partial charge is 0.240 e. The first kappa shape index (κ1) is 24.6. The number of rotatable bonds is 8. The average Bonchev–Trinajstić information content (AvgIpc) is 2.78. The van der Waals surface area contributed by atoms with Crippen LogP contribution < -0.4 is 14.9 Å². The van der Waals surface area contributed by atoms with Crippen LogP contribution in [0.3, 0.4) is 0 Å². The van der Waals surface area contributed by atoms with Gasteiger partial charge in [-0.25, -0.2) is 13.1 Å². The van der Waals surface area contributed by atoms with Gasteiger partial charge in [0.05, 0.1) is 10.6 Å². The van der Waals surface area contributed by atoms with Gasteiger partial charge in [-0.05, 0) is 60.9 Å². The van der Waals surface area contributed by atoms with E-state index in [9.17, 15) is 13.2 Å². The lowest BCUT2D eigenvalue weighted by Gasteiger charge is -2.32. The van der Waals surface area contributed by atoms with Crippen LogP contribution in [-0.2, 0) is 21.4 Å². The Labute approximate surface area is 196 Å². The van der Waals surface area contributed by atoms with Crippen molar-refractivity contribution >= 4 is 39.1 Å². The summed E-state index contributed by atoms with van der Waals surface area (Å²) in [5.74, 6) is 0.355. The number of hydrogen-bond acceptors (Lipinski definition) is 5. The number of carbonyl (C=O) groups excluding carboxylic acids is 1. The van der Waals surface area contributed by atoms with Crippen LogP contribution in [0.25, 0.3) is 0 Å². The molecule has 2 aromatic carbocycles. The van der Waals surface area contributed by atoms with Crippen LogP contribution in [0.4, 0.5) is 11.4 Å². The summed E-state index contributed by atoms with van der Waals surface area (Å²) in [4.78, 5) is 15.5. The molecular weight excluding hydrogens is 442 g/mol. The molecule has 0 aliphatic carbocycles. The number of piperidine rings is 1. The first-order chi connectivity index (χ1) is 15.2. The van der Waals surface area contributed by atoms with Gasteiger partial charge < -0.3 is 10.2 Å². The first-order valence-electron chi connectivity index (χ1n) is 11.0. The number of benzene rings is 2. The van der Waals surface area contributed by atoms with E-state index in [0.717, 1.165) is 23.5 Å². The lowest BCUT2D eigenvalue weighted by atomic mass is 9.99. The molecule has 174 valence electrons. The molecule has 0 aromatic heterocycles. The van der Waals surface area contributed by atoms with Crippen LogP contribution in [0, 0.1) is 11.8 Å². The van der Waals surface area contributed by atoms with E-state index in [0.29, 0.717) is 11.6 Å². The van der Waals surface area contributed by atoms with E-state index in [2.05, 4.69) is 34.0 Å². The molecule has 1 amide bonds. The van der Waals surface area contributed by atoms with E-state index < -0.39 is 10.0 Å². The third-order valence-electron chi connectivity index (χ3n) is 5.69. The van der Waals surface area contributed by atoms with E-state index in [1.807, 2.05) is 18.4 Å². The highest BCUT2D eigenvalue weighted by Crippen LogP contribution is 2.29. The normalized spacial score (nSPS) is 16.9. The van der Waals surface area contributed by atoms with Crippen molar-refractivity contribution in [2.75, 3.05) is 29.6 Å². The fourth-order valence-corrected chi connectivity index (χ4v) is 5.32. The fraction of sp³-hybridized carbons (Fsp3) is 0.458. The minimum atomic E-state index is -3.72. The Kier molecular flexibility index (Phi) is 8.25. The molecule has 6 nitrogen and oxygen atoms in total. The zero-order chi connectivity index (χ0) is 23.3. The van der Waals surface area contributed by atoms with Crippen molar-refractivity contribution < 1.29 is 13.2 Å². The summed E-state index contributed by atoms with van der Waals surface area (Å²) < 4.78 is 28.5. The Bertz CT molecular complexity index is 1040. The molecule has 2 N–H and O–H groups in total. The van der Waals surface area contributed by atoms with Gasteiger partial charge in [0.1, 0.15) is 0 Å². The van der Waals surface area contributed by atoms with Gasteiger partial charge in [-0.3, -0.25) is 4.79 Å². The Hall–Kier alpha value is -2.03. The second kappa shape index (κ2) is 10.7. The third-order valence-corrected chi connectivity index (χ3v) is 7.88. The van der Waals surface area contributed by atoms with Gasteiger partial charge in [-0.15, -0.1) is 11.8 Å². The van der Waals surface area contributed by atoms with Gasteiger partial charge >= 0.3 is 0 Å². The van der Waals surface area contributed by atoms with Crippen molar-refractivity contribution in [3.8, 4) is 0 Å². The maximum atomic E-state index is 12.9. The van der Waals surface area contributed by atoms with Crippen molar-refractivity contribution in [3.05, 3.63) is 48.0 Å². The maximum absolute atomic E-state index is 12.9. The summed E-state index contributed by atoms with van der Waals surface area (Å²) in [6.45, 7) is 8.21. The molecule has 0 unspecified atom stereocenters. The van der Waals surface area contributed by atoms with Crippen LogP contribution >= 0.6 is 11.8 Å². The number of sulfonamides is 1. The first-order valence-corrected chi connectivity index (χ1v) is 13.7. The Morgan fingerprint density at radius 3 is 2.53 bits per heavy atom. The molecule has 3 rings (SSSR count). The lowest BCUT2D eigenvalue weighted by Crippen LogP contribution is -2.34. The summed E-state index contributed by atoms with van der Waals surface area (Å²) in [6.07, 6.45) is 4.37. The number of anilines is 2. The molecule has 0 bridgehead atoms. The number of amides is 1. The van der Waals surface area contributed by atoms with Crippen LogP contribution in [0.2, 0.25) is 0 Å². The zero-order valence-electron chi connectivity index (χ0n) is 19.2. The molecule has 1 saturated heterocycles. The van der Waals surface area contributed by atoms with Crippen LogP contribution in [-0.4, -0.2) is 33.7 Å². The van der Waals surface area contributed by atoms with Crippen molar-refractivity contribution in [1.29, 1.82) is 0 Å². The van der Waals surface area contributed by atoms with Crippen LogP contribution in [0.5, 0.6) is 0 Å². The van der Waals surface area contributed by atoms with Crippen molar-refractivity contribution in [2.45, 2.75) is 49.9 Å². The molecule has 1 heterocycles. The Morgan fingerprint density at radius 1 is 1.19 bits per heavy atom. The van der Waals surface area contributed by atoms with Gasteiger partial charge in [0.2, 0.25) is 15.9 Å². The van der Waals surface area contributed by atoms with E-state index in [4.69, 9.17) is 0 Å². The SMILES string of the molecule is CSc1ccc(S(=O)(=O)NCc2ccc(N3CCC[C@@H](C)C3)cc2)cc1NC(=O)C(C)C. The summed E-state index contributed by atoms with van der Waals surface area (Å²) in [7, 11) is -3.72. The predicted octanol–water partition coefficient (Wildman–Crippen LogP) is 4.72. The number of nitrogens with one attached hydrogen (secondary N) is 2. The molecule has 8 heteroatoms. The molecule has 0 saturated carbocycles. The number of thioether (sulfide) groups is 1. The van der Waals surface area contributed by atoms with Gasteiger partial charge in [0, 0.05) is 36.1 Å². The standard InChI is InChI=1S/C24H33N3O3S2/c1-17(2)24(28)26-22-14-21(11-12-23(22)31-4)32(29,30)25-15-19-7-9-20(10-8-19)27-13-5-6-18(3)16-27/h7-12,14,17-18,25H,5-6,13,15-16H2,1-4H3,(H,26,28)/t18-/m1/s1. The topological polar surface area (TPSA) is 78.5 Å². The molecule has 1 fully saturated rings. The monoisotopic (exact) mass is 475 g/mol. The zero-order valence-corrected chi connectivity index (χ0v) is 20.9. The van der Waals surface area contributed by atoms with Gasteiger partial charge in [0.15, 0.2) is 0 Å². The Balaban J connectivity index is 1.69. The lowest BCUT2D eigenvalue weighted by molar-refractivity contribution is -0.118. The third kappa shape index (κ3) is 6.27. The highest BCUT2D eigenvalue weighted by Gasteiger charge is 2.19. The van der Waals surface area contributed by atoms with Gasteiger partial charge in [-0.2, -0.15) is 0 Å². The minimum absolute atomic E-state index is 0.133. The average molecular weight is 476 g/mol. The molecule has 1 aliphatic heterocycles. The van der Waals surface area contributed by atoms with Gasteiger partial charge in [0.25, 0.3) is 0 Å². The number of carbonyl (C=O) groups is 1. The van der Waals surface area contributed by atoms with E-state index in [1.165, 1.54) is 36.4 Å². The quantitative estimate of drug-likeness (QED) is 0.540. The molecule has 0 radical (unpaired) electrons. The molecule has 0 spiro atoms. The molecule has 2 aromatic rings. The molecular formula is C24H33N3O3S2. The summed E-state index contributed by atoms with van der Waals surface area (Å²) >= 11 is 1.46. The fourth-order valence-electron chi connectivity index (χ4n) is 3.74. The summed E-state index contributed by atoms with van der Waals surface area (Å²) in [5.41, 5.74) is 2.59. The van der Waals surface area contributed by atoms with Crippen LogP contribution in [0.15, 0.2) is 52.3 Å². The predicted molar refractivity (Wildman–Crippen MR) is 133 cm³/mol. The molecule has 32 heavy (non-hydrogen) atoms. The Morgan fingerprint density at radius 2 is 1.91 bits per heavy atom. The maximum Gasteiger partial charge on any atom is 0.240 e. The van der Waals surface area contributed by atoms with E-state index >= 15 is 0 Å². The summed E-state index contributed by atoms with van der Waals surface area (Å²) in [6, 6.07) is 12.9.